The van der Waals surface area contributed by atoms with Crippen molar-refractivity contribution >= 4 is 17.6 Å². The lowest BCUT2D eigenvalue weighted by Gasteiger charge is -2.36. The Hall–Kier alpha value is -2.89. The largest absolute Gasteiger partial charge is 0.353 e. The molecule has 0 bridgehead atoms. The first-order valence-electron chi connectivity index (χ1n) is 10.9. The zero-order valence-electron chi connectivity index (χ0n) is 17.7. The molecule has 158 valence electrons. The van der Waals surface area contributed by atoms with Crippen LogP contribution in [0.4, 0.5) is 5.82 Å². The fourth-order valence-electron chi connectivity index (χ4n) is 4.58. The Labute approximate surface area is 178 Å². The van der Waals surface area contributed by atoms with E-state index in [-0.39, 0.29) is 30.7 Å². The highest BCUT2D eigenvalue weighted by atomic mass is 16.2. The molecule has 2 heterocycles. The maximum atomic E-state index is 12.8. The van der Waals surface area contributed by atoms with Gasteiger partial charge in [0.25, 0.3) is 0 Å². The van der Waals surface area contributed by atoms with E-state index < -0.39 is 0 Å². The summed E-state index contributed by atoms with van der Waals surface area (Å²) in [5, 5.41) is 0. The molecule has 1 unspecified atom stereocenters. The Morgan fingerprint density at radius 3 is 2.57 bits per heavy atom. The zero-order chi connectivity index (χ0) is 20.9. The standard InChI is InChI=1S/C24H30N4O2/c1-26(21-10-6-8-19-7-2-3-9-20(19)21)23(29)12-13-24(30)28-17-15-27(16-18-28)22-11-4-5-14-25-22/h2-5,7,9,11,14,21H,6,8,10,12-13,15-18H2,1H3. The van der Waals surface area contributed by atoms with Crippen molar-refractivity contribution in [3.8, 4) is 0 Å². The van der Waals surface area contributed by atoms with Gasteiger partial charge in [0.15, 0.2) is 0 Å². The van der Waals surface area contributed by atoms with Crippen molar-refractivity contribution in [1.82, 2.24) is 14.8 Å². The zero-order valence-corrected chi connectivity index (χ0v) is 17.7. The van der Waals surface area contributed by atoms with Gasteiger partial charge in [-0.15, -0.1) is 0 Å². The van der Waals surface area contributed by atoms with Crippen molar-refractivity contribution in [1.29, 1.82) is 0 Å². The van der Waals surface area contributed by atoms with Crippen molar-refractivity contribution in [2.45, 2.75) is 38.1 Å². The van der Waals surface area contributed by atoms with Crippen LogP contribution in [-0.2, 0) is 16.0 Å². The number of amides is 2. The van der Waals surface area contributed by atoms with Crippen molar-refractivity contribution < 1.29 is 9.59 Å². The maximum Gasteiger partial charge on any atom is 0.223 e. The second-order valence-corrected chi connectivity index (χ2v) is 8.17. The van der Waals surface area contributed by atoms with Crippen LogP contribution in [-0.4, -0.2) is 59.8 Å². The molecule has 30 heavy (non-hydrogen) atoms. The van der Waals surface area contributed by atoms with Gasteiger partial charge in [-0.1, -0.05) is 30.3 Å². The predicted molar refractivity (Wildman–Crippen MR) is 117 cm³/mol. The number of hydrogen-bond donors (Lipinski definition) is 0. The molecule has 1 aliphatic carbocycles. The van der Waals surface area contributed by atoms with Gasteiger partial charge in [-0.2, -0.15) is 0 Å². The minimum atomic E-state index is 0.0529. The van der Waals surface area contributed by atoms with Crippen LogP contribution in [0.3, 0.4) is 0 Å². The van der Waals surface area contributed by atoms with Crippen LogP contribution >= 0.6 is 0 Å². The van der Waals surface area contributed by atoms with E-state index in [0.29, 0.717) is 13.1 Å². The van der Waals surface area contributed by atoms with Crippen molar-refractivity contribution in [2.24, 2.45) is 0 Å². The molecule has 2 aromatic rings. The van der Waals surface area contributed by atoms with Crippen molar-refractivity contribution in [3.05, 3.63) is 59.8 Å². The van der Waals surface area contributed by atoms with Crippen LogP contribution in [0, 0.1) is 0 Å². The van der Waals surface area contributed by atoms with Crippen LogP contribution in [0.15, 0.2) is 48.7 Å². The van der Waals surface area contributed by atoms with Crippen molar-refractivity contribution in [3.63, 3.8) is 0 Å². The van der Waals surface area contributed by atoms with Gasteiger partial charge in [0.05, 0.1) is 6.04 Å². The maximum absolute atomic E-state index is 12.8. The van der Waals surface area contributed by atoms with Gasteiger partial charge in [0.1, 0.15) is 5.82 Å². The fourth-order valence-corrected chi connectivity index (χ4v) is 4.58. The summed E-state index contributed by atoms with van der Waals surface area (Å²) >= 11 is 0. The van der Waals surface area contributed by atoms with Crippen LogP contribution in [0.1, 0.15) is 42.9 Å². The summed E-state index contributed by atoms with van der Waals surface area (Å²) < 4.78 is 0. The number of carbonyl (C=O) groups excluding carboxylic acids is 2. The fraction of sp³-hybridized carbons (Fsp3) is 0.458. The Morgan fingerprint density at radius 2 is 1.80 bits per heavy atom. The van der Waals surface area contributed by atoms with E-state index in [1.807, 2.05) is 41.1 Å². The SMILES string of the molecule is CN(C(=O)CCC(=O)N1CCN(c2ccccn2)CC1)C1CCCc2ccccc21. The third-order valence-electron chi connectivity index (χ3n) is 6.36. The summed E-state index contributed by atoms with van der Waals surface area (Å²) in [6.07, 6.45) is 5.51. The smallest absolute Gasteiger partial charge is 0.223 e. The minimum absolute atomic E-state index is 0.0529. The van der Waals surface area contributed by atoms with E-state index in [1.54, 1.807) is 6.20 Å². The molecule has 1 aliphatic heterocycles. The van der Waals surface area contributed by atoms with Gasteiger partial charge in [0.2, 0.25) is 11.8 Å². The lowest BCUT2D eigenvalue weighted by atomic mass is 9.87. The molecule has 6 nitrogen and oxygen atoms in total. The number of aryl methyl sites for hydroxylation is 1. The molecular formula is C24H30N4O2. The Balaban J connectivity index is 1.27. The Kier molecular flexibility index (Phi) is 6.31. The minimum Gasteiger partial charge on any atom is -0.353 e. The van der Waals surface area contributed by atoms with Crippen LogP contribution in [0.2, 0.25) is 0 Å². The molecule has 1 atom stereocenters. The molecule has 0 spiro atoms. The van der Waals surface area contributed by atoms with Gasteiger partial charge in [0, 0.05) is 52.3 Å². The summed E-state index contributed by atoms with van der Waals surface area (Å²) in [7, 11) is 1.88. The number of fused-ring (bicyclic) bond motifs is 1. The van der Waals surface area contributed by atoms with Crippen LogP contribution in [0.25, 0.3) is 0 Å². The van der Waals surface area contributed by atoms with Crippen LogP contribution < -0.4 is 4.90 Å². The first-order chi connectivity index (χ1) is 14.6. The Bertz CT molecular complexity index is 878. The molecule has 1 fully saturated rings. The topological polar surface area (TPSA) is 56.8 Å². The number of pyridine rings is 1. The second kappa shape index (κ2) is 9.28. The molecule has 4 rings (SSSR count). The molecular weight excluding hydrogens is 376 g/mol. The first kappa shape index (κ1) is 20.4. The number of nitrogens with zero attached hydrogens (tertiary/aromatic N) is 4. The molecule has 6 heteroatoms. The van der Waals surface area contributed by atoms with E-state index in [4.69, 9.17) is 0 Å². The van der Waals surface area contributed by atoms with E-state index in [0.717, 1.165) is 38.2 Å². The molecule has 2 amide bonds. The summed E-state index contributed by atoms with van der Waals surface area (Å²) in [5.74, 6) is 1.08. The van der Waals surface area contributed by atoms with Gasteiger partial charge >= 0.3 is 0 Å². The number of benzene rings is 1. The number of anilines is 1. The third-order valence-corrected chi connectivity index (χ3v) is 6.36. The van der Waals surface area contributed by atoms with Crippen LogP contribution in [0.5, 0.6) is 0 Å². The predicted octanol–water partition coefficient (Wildman–Crippen LogP) is 3.05. The highest BCUT2D eigenvalue weighted by Gasteiger charge is 2.27. The summed E-state index contributed by atoms with van der Waals surface area (Å²) in [6, 6.07) is 14.4. The van der Waals surface area contributed by atoms with Crippen molar-refractivity contribution in [2.75, 3.05) is 38.1 Å². The molecule has 0 saturated carbocycles. The molecule has 2 aliphatic rings. The van der Waals surface area contributed by atoms with E-state index >= 15 is 0 Å². The quantitative estimate of drug-likeness (QED) is 0.766. The lowest BCUT2D eigenvalue weighted by Crippen LogP contribution is -2.49. The van der Waals surface area contributed by atoms with Gasteiger partial charge in [-0.05, 0) is 42.5 Å². The molecule has 0 N–H and O–H groups in total. The highest BCUT2D eigenvalue weighted by Crippen LogP contribution is 2.33. The molecule has 1 aromatic heterocycles. The summed E-state index contributed by atoms with van der Waals surface area (Å²) in [4.78, 5) is 35.8. The average Bonchev–Trinajstić information content (AvgIpc) is 2.82. The normalized spacial score (nSPS) is 18.6. The third kappa shape index (κ3) is 4.48. The highest BCUT2D eigenvalue weighted by molar-refractivity contribution is 5.84. The number of hydrogen-bond acceptors (Lipinski definition) is 4. The number of piperazine rings is 1. The van der Waals surface area contributed by atoms with Gasteiger partial charge < -0.3 is 14.7 Å². The summed E-state index contributed by atoms with van der Waals surface area (Å²) in [5.41, 5.74) is 2.60. The monoisotopic (exact) mass is 406 g/mol. The van der Waals surface area contributed by atoms with E-state index in [2.05, 4.69) is 28.1 Å². The lowest BCUT2D eigenvalue weighted by molar-refractivity contribution is -0.137. The number of carbonyl (C=O) groups is 2. The number of rotatable bonds is 5. The second-order valence-electron chi connectivity index (χ2n) is 8.17. The van der Waals surface area contributed by atoms with E-state index in [1.165, 1.54) is 11.1 Å². The Morgan fingerprint density at radius 1 is 1.03 bits per heavy atom. The van der Waals surface area contributed by atoms with Gasteiger partial charge in [-0.25, -0.2) is 4.98 Å². The summed E-state index contributed by atoms with van der Waals surface area (Å²) in [6.45, 7) is 2.90. The molecule has 1 aromatic carbocycles. The van der Waals surface area contributed by atoms with Gasteiger partial charge in [-0.3, -0.25) is 9.59 Å². The first-order valence-corrected chi connectivity index (χ1v) is 10.9. The van der Waals surface area contributed by atoms with E-state index in [9.17, 15) is 9.59 Å². The average molecular weight is 407 g/mol. The number of aromatic nitrogens is 1. The molecule has 0 radical (unpaired) electrons. The molecule has 1 saturated heterocycles.